The molecule has 1 aliphatic heterocycles. The van der Waals surface area contributed by atoms with E-state index in [1.165, 1.54) is 0 Å². The summed E-state index contributed by atoms with van der Waals surface area (Å²) in [6, 6.07) is 13.8. The summed E-state index contributed by atoms with van der Waals surface area (Å²) in [5.41, 5.74) is 3.01. The molecule has 0 amide bonds. The number of aliphatic hydroxyl groups is 1. The van der Waals surface area contributed by atoms with Gasteiger partial charge in [0.05, 0.1) is 12.7 Å². The molecular formula is C17H17BrO3. The highest BCUT2D eigenvalue weighted by Gasteiger charge is 2.29. The molecule has 110 valence electrons. The number of hydrogen-bond acceptors (Lipinski definition) is 3. The molecule has 1 heterocycles. The van der Waals surface area contributed by atoms with Crippen molar-refractivity contribution in [1.29, 1.82) is 0 Å². The Morgan fingerprint density at radius 1 is 1.24 bits per heavy atom. The van der Waals surface area contributed by atoms with Gasteiger partial charge in [0.2, 0.25) is 0 Å². The van der Waals surface area contributed by atoms with Crippen LogP contribution < -0.4 is 4.74 Å². The normalized spacial score (nSPS) is 20.7. The summed E-state index contributed by atoms with van der Waals surface area (Å²) < 4.78 is 12.3. The van der Waals surface area contributed by atoms with Crippen molar-refractivity contribution in [2.24, 2.45) is 0 Å². The molecule has 0 spiro atoms. The van der Waals surface area contributed by atoms with Gasteiger partial charge in [0.25, 0.3) is 0 Å². The first-order valence-corrected chi connectivity index (χ1v) is 7.69. The van der Waals surface area contributed by atoms with Crippen LogP contribution in [0.3, 0.4) is 0 Å². The van der Waals surface area contributed by atoms with E-state index in [-0.39, 0.29) is 6.10 Å². The van der Waals surface area contributed by atoms with Gasteiger partial charge in [0, 0.05) is 23.6 Å². The Labute approximate surface area is 132 Å². The lowest BCUT2D eigenvalue weighted by Crippen LogP contribution is -2.20. The van der Waals surface area contributed by atoms with Crippen molar-refractivity contribution in [1.82, 2.24) is 0 Å². The van der Waals surface area contributed by atoms with E-state index in [1.807, 2.05) is 42.5 Å². The van der Waals surface area contributed by atoms with Gasteiger partial charge < -0.3 is 14.6 Å². The van der Waals surface area contributed by atoms with E-state index in [0.717, 1.165) is 26.9 Å². The molecule has 3 rings (SSSR count). The lowest BCUT2D eigenvalue weighted by atomic mass is 9.92. The second kappa shape index (κ2) is 6.18. The third kappa shape index (κ3) is 2.98. The molecule has 2 atom stereocenters. The van der Waals surface area contributed by atoms with Crippen LogP contribution in [0.4, 0.5) is 0 Å². The van der Waals surface area contributed by atoms with E-state index in [0.29, 0.717) is 13.0 Å². The summed E-state index contributed by atoms with van der Waals surface area (Å²) in [5.74, 6) is 0.745. The number of fused-ring (bicyclic) bond motifs is 1. The molecule has 0 radical (unpaired) electrons. The largest absolute Gasteiger partial charge is 0.485 e. The fourth-order valence-electron chi connectivity index (χ4n) is 2.74. The highest BCUT2D eigenvalue weighted by Crippen LogP contribution is 2.42. The Bertz CT molecular complexity index is 642. The smallest absolute Gasteiger partial charge is 0.127 e. The van der Waals surface area contributed by atoms with Crippen molar-refractivity contribution < 1.29 is 14.6 Å². The van der Waals surface area contributed by atoms with Crippen LogP contribution in [0, 0.1) is 0 Å². The predicted octanol–water partition coefficient (Wildman–Crippen LogP) is 4.15. The predicted molar refractivity (Wildman–Crippen MR) is 84.2 cm³/mol. The molecule has 2 unspecified atom stereocenters. The van der Waals surface area contributed by atoms with Gasteiger partial charge in [-0.25, -0.2) is 0 Å². The van der Waals surface area contributed by atoms with Gasteiger partial charge in [-0.1, -0.05) is 40.2 Å². The van der Waals surface area contributed by atoms with Crippen LogP contribution in [0.1, 0.15) is 35.3 Å². The van der Waals surface area contributed by atoms with Gasteiger partial charge in [0.1, 0.15) is 11.9 Å². The number of hydrogen-bond donors (Lipinski definition) is 1. The van der Waals surface area contributed by atoms with E-state index < -0.39 is 6.10 Å². The maximum Gasteiger partial charge on any atom is 0.127 e. The molecule has 0 bridgehead atoms. The summed E-state index contributed by atoms with van der Waals surface area (Å²) in [5, 5.41) is 10.4. The Balaban J connectivity index is 1.94. The highest BCUT2D eigenvalue weighted by molar-refractivity contribution is 9.10. The summed E-state index contributed by atoms with van der Waals surface area (Å²) >= 11 is 3.43. The van der Waals surface area contributed by atoms with Crippen LogP contribution in [0.5, 0.6) is 5.75 Å². The van der Waals surface area contributed by atoms with E-state index in [4.69, 9.17) is 9.47 Å². The van der Waals surface area contributed by atoms with Crippen molar-refractivity contribution in [3.63, 3.8) is 0 Å². The molecular weight excluding hydrogens is 332 g/mol. The second-order valence-corrected chi connectivity index (χ2v) is 6.09. The SMILES string of the molecule is COCc1ccccc1C1CC(O)c2cc(Br)ccc2O1. The van der Waals surface area contributed by atoms with Crippen LogP contribution in [0.25, 0.3) is 0 Å². The lowest BCUT2D eigenvalue weighted by Gasteiger charge is -2.31. The molecule has 1 aliphatic rings. The highest BCUT2D eigenvalue weighted by atomic mass is 79.9. The number of aliphatic hydroxyl groups excluding tert-OH is 1. The Hall–Kier alpha value is -1.36. The number of halogens is 1. The van der Waals surface area contributed by atoms with Crippen molar-refractivity contribution in [3.8, 4) is 5.75 Å². The lowest BCUT2D eigenvalue weighted by molar-refractivity contribution is 0.0641. The molecule has 0 fully saturated rings. The van der Waals surface area contributed by atoms with Crippen LogP contribution >= 0.6 is 15.9 Å². The van der Waals surface area contributed by atoms with E-state index in [1.54, 1.807) is 7.11 Å². The van der Waals surface area contributed by atoms with Crippen molar-refractivity contribution in [2.75, 3.05) is 7.11 Å². The van der Waals surface area contributed by atoms with Crippen LogP contribution in [-0.4, -0.2) is 12.2 Å². The zero-order valence-corrected chi connectivity index (χ0v) is 13.3. The third-order valence-electron chi connectivity index (χ3n) is 3.74. The van der Waals surface area contributed by atoms with Gasteiger partial charge in [0.15, 0.2) is 0 Å². The molecule has 2 aromatic carbocycles. The zero-order chi connectivity index (χ0) is 14.8. The third-order valence-corrected chi connectivity index (χ3v) is 4.23. The average molecular weight is 349 g/mol. The number of ether oxygens (including phenoxy) is 2. The van der Waals surface area contributed by atoms with Gasteiger partial charge in [-0.2, -0.15) is 0 Å². The maximum atomic E-state index is 10.4. The first-order valence-electron chi connectivity index (χ1n) is 6.90. The molecule has 4 heteroatoms. The average Bonchev–Trinajstić information content (AvgIpc) is 2.49. The minimum atomic E-state index is -0.521. The van der Waals surface area contributed by atoms with E-state index >= 15 is 0 Å². The number of rotatable bonds is 3. The standard InChI is InChI=1S/C17H17BrO3/c1-20-10-11-4-2-3-5-13(11)17-9-15(19)14-8-12(18)6-7-16(14)21-17/h2-8,15,17,19H,9-10H2,1H3. The Morgan fingerprint density at radius 2 is 2.05 bits per heavy atom. The molecule has 0 saturated carbocycles. The minimum Gasteiger partial charge on any atom is -0.485 e. The monoisotopic (exact) mass is 348 g/mol. The molecule has 0 aliphatic carbocycles. The number of benzene rings is 2. The molecule has 2 aromatic rings. The summed E-state index contributed by atoms with van der Waals surface area (Å²) in [6.07, 6.45) is -0.128. The summed E-state index contributed by atoms with van der Waals surface area (Å²) in [6.45, 7) is 0.541. The minimum absolute atomic E-state index is 0.153. The summed E-state index contributed by atoms with van der Waals surface area (Å²) in [4.78, 5) is 0. The van der Waals surface area contributed by atoms with Crippen molar-refractivity contribution in [2.45, 2.75) is 25.2 Å². The second-order valence-electron chi connectivity index (χ2n) is 5.17. The Morgan fingerprint density at radius 3 is 2.86 bits per heavy atom. The van der Waals surface area contributed by atoms with Crippen LogP contribution in [-0.2, 0) is 11.3 Å². The molecule has 1 N–H and O–H groups in total. The topological polar surface area (TPSA) is 38.7 Å². The Kier molecular flexibility index (Phi) is 4.29. The quantitative estimate of drug-likeness (QED) is 0.905. The van der Waals surface area contributed by atoms with Gasteiger partial charge in [-0.15, -0.1) is 0 Å². The van der Waals surface area contributed by atoms with Gasteiger partial charge in [-0.05, 0) is 29.3 Å². The molecule has 3 nitrogen and oxygen atoms in total. The van der Waals surface area contributed by atoms with Gasteiger partial charge in [-0.3, -0.25) is 0 Å². The molecule has 21 heavy (non-hydrogen) atoms. The fourth-order valence-corrected chi connectivity index (χ4v) is 3.12. The first kappa shape index (κ1) is 14.6. The fraction of sp³-hybridized carbons (Fsp3) is 0.294. The van der Waals surface area contributed by atoms with Crippen molar-refractivity contribution >= 4 is 15.9 Å². The van der Waals surface area contributed by atoms with E-state index in [2.05, 4.69) is 15.9 Å². The first-order chi connectivity index (χ1) is 10.2. The summed E-state index contributed by atoms with van der Waals surface area (Å²) in [7, 11) is 1.68. The van der Waals surface area contributed by atoms with Crippen LogP contribution in [0.15, 0.2) is 46.9 Å². The molecule has 0 saturated heterocycles. The number of methoxy groups -OCH3 is 1. The van der Waals surface area contributed by atoms with Gasteiger partial charge >= 0.3 is 0 Å². The molecule has 0 aromatic heterocycles. The van der Waals surface area contributed by atoms with Crippen molar-refractivity contribution in [3.05, 3.63) is 63.6 Å². The zero-order valence-electron chi connectivity index (χ0n) is 11.8. The van der Waals surface area contributed by atoms with Crippen LogP contribution in [0.2, 0.25) is 0 Å². The maximum absolute atomic E-state index is 10.4. The van der Waals surface area contributed by atoms with E-state index in [9.17, 15) is 5.11 Å².